The maximum atomic E-state index is 11.8. The number of carbonyl (C=O) groups is 2. The van der Waals surface area contributed by atoms with Gasteiger partial charge in [-0.2, -0.15) is 0 Å². The van der Waals surface area contributed by atoms with E-state index in [9.17, 15) is 14.7 Å². The fraction of sp³-hybridized carbons (Fsp3) is 0.385. The second-order valence-corrected chi connectivity index (χ2v) is 4.90. The Balaban J connectivity index is 2.82. The second-order valence-electron chi connectivity index (χ2n) is 4.90. The molecule has 20 heavy (non-hydrogen) atoms. The van der Waals surface area contributed by atoms with Crippen LogP contribution in [0.15, 0.2) is 18.2 Å². The predicted molar refractivity (Wildman–Crippen MR) is 73.2 cm³/mol. The van der Waals surface area contributed by atoms with Gasteiger partial charge in [0.25, 0.3) is 0 Å². The second kappa shape index (κ2) is 6.25. The van der Waals surface area contributed by atoms with Crippen molar-refractivity contribution >= 4 is 17.7 Å². The van der Waals surface area contributed by atoms with E-state index in [2.05, 4.69) is 10.6 Å². The van der Waals surface area contributed by atoms with Crippen molar-refractivity contribution in [3.05, 3.63) is 23.8 Å². The van der Waals surface area contributed by atoms with E-state index in [-0.39, 0.29) is 11.3 Å². The summed E-state index contributed by atoms with van der Waals surface area (Å²) in [5.41, 5.74) is -0.853. The Morgan fingerprint density at radius 2 is 2.00 bits per heavy atom. The number of rotatable bonds is 5. The number of ether oxygens (including phenoxy) is 1. The number of anilines is 1. The van der Waals surface area contributed by atoms with Crippen molar-refractivity contribution in [3.8, 4) is 5.75 Å². The number of methoxy groups -OCH3 is 1. The van der Waals surface area contributed by atoms with Crippen LogP contribution in [0, 0.1) is 0 Å². The van der Waals surface area contributed by atoms with Crippen LogP contribution in [0.5, 0.6) is 5.75 Å². The summed E-state index contributed by atoms with van der Waals surface area (Å²) in [5, 5.41) is 23.7. The lowest BCUT2D eigenvalue weighted by atomic mass is 10.1. The van der Waals surface area contributed by atoms with E-state index in [1.807, 2.05) is 0 Å². The number of phenols is 1. The molecule has 0 fully saturated rings. The molecule has 0 bridgehead atoms. The number of carboxylic acid groups (broad SMARTS) is 1. The Kier molecular flexibility index (Phi) is 4.93. The zero-order valence-electron chi connectivity index (χ0n) is 11.6. The number of urea groups is 1. The van der Waals surface area contributed by atoms with Crippen molar-refractivity contribution in [2.24, 2.45) is 0 Å². The van der Waals surface area contributed by atoms with Gasteiger partial charge in [0.1, 0.15) is 5.56 Å². The lowest BCUT2D eigenvalue weighted by molar-refractivity contribution is 0.0693. The van der Waals surface area contributed by atoms with Crippen molar-refractivity contribution in [1.29, 1.82) is 0 Å². The quantitative estimate of drug-likeness (QED) is 0.614. The van der Waals surface area contributed by atoms with E-state index in [1.54, 1.807) is 13.8 Å². The molecule has 0 unspecified atom stereocenters. The minimum Gasteiger partial charge on any atom is -0.505 e. The van der Waals surface area contributed by atoms with Gasteiger partial charge in [-0.25, -0.2) is 9.59 Å². The largest absolute Gasteiger partial charge is 0.505 e. The summed E-state index contributed by atoms with van der Waals surface area (Å²) in [4.78, 5) is 22.7. The molecule has 0 aromatic heterocycles. The number of aromatic carboxylic acids is 1. The summed E-state index contributed by atoms with van der Waals surface area (Å²) in [6.45, 7) is 3.84. The molecule has 4 N–H and O–H groups in total. The molecular weight excluding hydrogens is 264 g/mol. The number of hydrogen-bond donors (Lipinski definition) is 4. The highest BCUT2D eigenvalue weighted by molar-refractivity contribution is 5.97. The first-order valence-electron chi connectivity index (χ1n) is 5.90. The zero-order valence-corrected chi connectivity index (χ0v) is 11.6. The molecule has 0 atom stereocenters. The fourth-order valence-corrected chi connectivity index (χ4v) is 1.67. The molecular formula is C13H18N2O5. The van der Waals surface area contributed by atoms with Gasteiger partial charge in [-0.1, -0.05) is 6.07 Å². The molecule has 0 radical (unpaired) electrons. The van der Waals surface area contributed by atoms with Gasteiger partial charge in [0, 0.05) is 7.11 Å². The molecule has 0 aliphatic carbocycles. The van der Waals surface area contributed by atoms with Crippen LogP contribution < -0.4 is 10.6 Å². The van der Waals surface area contributed by atoms with Crippen molar-refractivity contribution in [1.82, 2.24) is 5.32 Å². The highest BCUT2D eigenvalue weighted by atomic mass is 16.5. The number of hydrogen-bond acceptors (Lipinski definition) is 4. The number of amides is 2. The summed E-state index contributed by atoms with van der Waals surface area (Å²) in [6, 6.07) is 3.52. The molecule has 7 nitrogen and oxygen atoms in total. The van der Waals surface area contributed by atoms with Crippen molar-refractivity contribution in [2.75, 3.05) is 19.0 Å². The number of carbonyl (C=O) groups excluding carboxylic acids is 1. The Morgan fingerprint density at radius 1 is 1.35 bits per heavy atom. The lowest BCUT2D eigenvalue weighted by Gasteiger charge is -2.25. The summed E-state index contributed by atoms with van der Waals surface area (Å²) in [6.07, 6.45) is 0. The van der Waals surface area contributed by atoms with Gasteiger partial charge in [-0.15, -0.1) is 0 Å². The number of nitrogens with one attached hydrogen (secondary N) is 2. The van der Waals surface area contributed by atoms with Crippen molar-refractivity contribution in [3.63, 3.8) is 0 Å². The van der Waals surface area contributed by atoms with Crippen molar-refractivity contribution < 1.29 is 24.5 Å². The van der Waals surface area contributed by atoms with Crippen LogP contribution in [0.4, 0.5) is 10.5 Å². The van der Waals surface area contributed by atoms with Crippen LogP contribution in [0.1, 0.15) is 24.2 Å². The first-order valence-corrected chi connectivity index (χ1v) is 5.90. The first-order chi connectivity index (χ1) is 9.26. The molecule has 0 saturated carbocycles. The molecule has 1 rings (SSSR count). The third kappa shape index (κ3) is 4.13. The Labute approximate surface area is 116 Å². The van der Waals surface area contributed by atoms with E-state index in [1.165, 1.54) is 25.3 Å². The number of benzene rings is 1. The van der Waals surface area contributed by atoms with Gasteiger partial charge in [-0.05, 0) is 26.0 Å². The molecule has 7 heteroatoms. The van der Waals surface area contributed by atoms with E-state index in [0.717, 1.165) is 0 Å². The van der Waals surface area contributed by atoms with E-state index in [4.69, 9.17) is 9.84 Å². The number of aromatic hydroxyl groups is 1. The summed E-state index contributed by atoms with van der Waals surface area (Å²) in [7, 11) is 1.52. The van der Waals surface area contributed by atoms with Gasteiger partial charge in [0.05, 0.1) is 17.8 Å². The predicted octanol–water partition coefficient (Wildman–Crippen LogP) is 1.64. The maximum Gasteiger partial charge on any atom is 0.339 e. The van der Waals surface area contributed by atoms with Crippen LogP contribution in [0.25, 0.3) is 0 Å². The smallest absolute Gasteiger partial charge is 0.339 e. The van der Waals surface area contributed by atoms with Crippen LogP contribution in [-0.2, 0) is 4.74 Å². The molecule has 1 aromatic carbocycles. The van der Waals surface area contributed by atoms with Gasteiger partial charge in [-0.3, -0.25) is 0 Å². The Hall–Kier alpha value is -2.28. The lowest BCUT2D eigenvalue weighted by Crippen LogP contribution is -2.48. The highest BCUT2D eigenvalue weighted by Gasteiger charge is 2.21. The van der Waals surface area contributed by atoms with Crippen LogP contribution >= 0.6 is 0 Å². The van der Waals surface area contributed by atoms with Gasteiger partial charge >= 0.3 is 12.0 Å². The maximum absolute atomic E-state index is 11.8. The SMILES string of the molecule is COCC(C)(C)NC(=O)Nc1cccc(C(=O)O)c1O. The molecule has 0 spiro atoms. The third-order valence-corrected chi connectivity index (χ3v) is 2.47. The zero-order chi connectivity index (χ0) is 15.3. The van der Waals surface area contributed by atoms with E-state index in [0.29, 0.717) is 6.61 Å². The molecule has 0 aliphatic rings. The molecule has 110 valence electrons. The topological polar surface area (TPSA) is 108 Å². The molecule has 0 saturated heterocycles. The standard InChI is InChI=1S/C13H18N2O5/c1-13(2,7-20-3)15-12(19)14-9-6-4-5-8(10(9)16)11(17)18/h4-6,16H,7H2,1-3H3,(H,17,18)(H2,14,15,19). The van der Waals surface area contributed by atoms with Crippen molar-refractivity contribution in [2.45, 2.75) is 19.4 Å². The van der Waals surface area contributed by atoms with Crippen LogP contribution in [0.3, 0.4) is 0 Å². The van der Waals surface area contributed by atoms with Gasteiger partial charge < -0.3 is 25.6 Å². The van der Waals surface area contributed by atoms with E-state index >= 15 is 0 Å². The first kappa shape index (κ1) is 15.8. The molecule has 2 amide bonds. The van der Waals surface area contributed by atoms with Crippen LogP contribution in [0.2, 0.25) is 0 Å². The number of para-hydroxylation sites is 1. The minimum absolute atomic E-state index is 0.0237. The normalized spacial score (nSPS) is 10.9. The highest BCUT2D eigenvalue weighted by Crippen LogP contribution is 2.27. The summed E-state index contributed by atoms with van der Waals surface area (Å²) < 4.78 is 4.96. The summed E-state index contributed by atoms with van der Waals surface area (Å²) >= 11 is 0. The van der Waals surface area contributed by atoms with Gasteiger partial charge in [0.15, 0.2) is 5.75 Å². The fourth-order valence-electron chi connectivity index (χ4n) is 1.67. The number of carboxylic acids is 1. The Morgan fingerprint density at radius 3 is 2.55 bits per heavy atom. The molecule has 0 heterocycles. The molecule has 0 aliphatic heterocycles. The monoisotopic (exact) mass is 282 g/mol. The van der Waals surface area contributed by atoms with E-state index < -0.39 is 23.3 Å². The summed E-state index contributed by atoms with van der Waals surface area (Å²) in [5.74, 6) is -1.76. The third-order valence-electron chi connectivity index (χ3n) is 2.47. The average molecular weight is 282 g/mol. The van der Waals surface area contributed by atoms with Crippen LogP contribution in [-0.4, -0.2) is 41.5 Å². The average Bonchev–Trinajstić information content (AvgIpc) is 2.30. The minimum atomic E-state index is -1.27. The molecule has 1 aromatic rings. The van der Waals surface area contributed by atoms with Gasteiger partial charge in [0.2, 0.25) is 0 Å². The Bertz CT molecular complexity index is 513.